The van der Waals surface area contributed by atoms with E-state index in [4.69, 9.17) is 0 Å². The Hall–Kier alpha value is -2.59. The van der Waals surface area contributed by atoms with Crippen molar-refractivity contribution in [2.75, 3.05) is 44.6 Å². The van der Waals surface area contributed by atoms with Crippen LogP contribution in [0, 0.1) is 0 Å². The Labute approximate surface area is 197 Å². The Kier molecular flexibility index (Phi) is 7.77. The Morgan fingerprint density at radius 3 is 2.21 bits per heavy atom. The lowest BCUT2D eigenvalue weighted by atomic mass is 10.0. The maximum Gasteiger partial charge on any atom is 0.573 e. The first kappa shape index (κ1) is 24.5. The first-order valence-corrected chi connectivity index (χ1v) is 11.9. The summed E-state index contributed by atoms with van der Waals surface area (Å²) in [4.78, 5) is 31.6. The molecule has 4 rings (SSSR count). The Morgan fingerprint density at radius 1 is 1.00 bits per heavy atom. The van der Waals surface area contributed by atoms with E-state index < -0.39 is 6.36 Å². The molecule has 186 valence electrons. The monoisotopic (exact) mass is 480 g/mol. The molecule has 1 aromatic rings. The van der Waals surface area contributed by atoms with Crippen molar-refractivity contribution in [3.05, 3.63) is 36.0 Å². The first-order valence-electron chi connectivity index (χ1n) is 11.9. The van der Waals surface area contributed by atoms with Gasteiger partial charge in [0.1, 0.15) is 5.75 Å². The number of anilines is 1. The second-order valence-electron chi connectivity index (χ2n) is 9.11. The van der Waals surface area contributed by atoms with Crippen molar-refractivity contribution < 1.29 is 27.5 Å². The SMILES string of the molecule is O=C(CN1CCN(CC(=O)N(C2=CCCCC2)C2CC2)CC1)Nc1ccc(OC(F)(F)F)cc1. The van der Waals surface area contributed by atoms with E-state index in [1.807, 2.05) is 9.80 Å². The second-order valence-corrected chi connectivity index (χ2v) is 9.11. The molecule has 0 bridgehead atoms. The lowest BCUT2D eigenvalue weighted by Crippen LogP contribution is -2.51. The van der Waals surface area contributed by atoms with Gasteiger partial charge in [0, 0.05) is 43.6 Å². The summed E-state index contributed by atoms with van der Waals surface area (Å²) in [5.41, 5.74) is 1.60. The largest absolute Gasteiger partial charge is 0.573 e. The van der Waals surface area contributed by atoms with Gasteiger partial charge >= 0.3 is 6.36 Å². The van der Waals surface area contributed by atoms with E-state index in [0.29, 0.717) is 44.5 Å². The molecule has 10 heteroatoms. The Bertz CT molecular complexity index is 892. The maximum absolute atomic E-state index is 13.0. The van der Waals surface area contributed by atoms with Crippen LogP contribution in [0.15, 0.2) is 36.0 Å². The quantitative estimate of drug-likeness (QED) is 0.616. The van der Waals surface area contributed by atoms with Crippen molar-refractivity contribution in [2.24, 2.45) is 0 Å². The molecule has 0 aromatic heterocycles. The van der Waals surface area contributed by atoms with Crippen LogP contribution in [0.3, 0.4) is 0 Å². The minimum atomic E-state index is -4.75. The van der Waals surface area contributed by atoms with Gasteiger partial charge in [0.15, 0.2) is 0 Å². The van der Waals surface area contributed by atoms with Crippen LogP contribution in [0.4, 0.5) is 18.9 Å². The predicted octanol–water partition coefficient (Wildman–Crippen LogP) is 3.59. The number of benzene rings is 1. The zero-order chi connectivity index (χ0) is 24.1. The maximum atomic E-state index is 13.0. The zero-order valence-corrected chi connectivity index (χ0v) is 19.1. The predicted molar refractivity (Wildman–Crippen MR) is 121 cm³/mol. The number of alkyl halides is 3. The van der Waals surface area contributed by atoms with Crippen LogP contribution in [0.2, 0.25) is 0 Å². The molecule has 34 heavy (non-hydrogen) atoms. The summed E-state index contributed by atoms with van der Waals surface area (Å²) < 4.78 is 40.6. The van der Waals surface area contributed by atoms with Crippen molar-refractivity contribution in [3.63, 3.8) is 0 Å². The van der Waals surface area contributed by atoms with E-state index in [0.717, 1.165) is 44.2 Å². The number of hydrogen-bond acceptors (Lipinski definition) is 5. The zero-order valence-electron chi connectivity index (χ0n) is 19.1. The average molecular weight is 481 g/mol. The molecular formula is C24H31F3N4O3. The van der Waals surface area contributed by atoms with E-state index in [2.05, 4.69) is 21.0 Å². The van der Waals surface area contributed by atoms with Gasteiger partial charge in [0.25, 0.3) is 0 Å². The molecule has 0 unspecified atom stereocenters. The van der Waals surface area contributed by atoms with E-state index >= 15 is 0 Å². The molecule has 1 saturated carbocycles. The lowest BCUT2D eigenvalue weighted by molar-refractivity contribution is -0.274. The van der Waals surface area contributed by atoms with Crippen LogP contribution in [0.25, 0.3) is 0 Å². The minimum Gasteiger partial charge on any atom is -0.406 e. The standard InChI is InChI=1S/C24H31F3N4O3/c25-24(26,27)34-21-10-6-18(7-11-21)28-22(32)16-29-12-14-30(15-13-29)17-23(33)31(20-8-9-20)19-4-2-1-3-5-19/h4,6-7,10-11,20H,1-3,5,8-9,12-17H2,(H,28,32). The van der Waals surface area contributed by atoms with Gasteiger partial charge in [-0.1, -0.05) is 6.08 Å². The molecule has 1 saturated heterocycles. The van der Waals surface area contributed by atoms with Gasteiger partial charge in [-0.15, -0.1) is 13.2 Å². The molecule has 1 aromatic carbocycles. The molecule has 3 aliphatic rings. The molecule has 2 fully saturated rings. The molecule has 2 aliphatic carbocycles. The van der Waals surface area contributed by atoms with Gasteiger partial charge < -0.3 is 15.0 Å². The summed E-state index contributed by atoms with van der Waals surface area (Å²) >= 11 is 0. The number of allylic oxidation sites excluding steroid dienone is 2. The first-order chi connectivity index (χ1) is 16.3. The molecule has 2 amide bonds. The molecule has 0 radical (unpaired) electrons. The number of hydrogen-bond donors (Lipinski definition) is 1. The molecule has 1 aliphatic heterocycles. The number of piperazine rings is 1. The molecule has 0 atom stereocenters. The van der Waals surface area contributed by atoms with Crippen molar-refractivity contribution in [3.8, 4) is 5.75 Å². The summed E-state index contributed by atoms with van der Waals surface area (Å²) in [7, 11) is 0. The number of ether oxygens (including phenoxy) is 1. The highest BCUT2D eigenvalue weighted by Gasteiger charge is 2.36. The van der Waals surface area contributed by atoms with Gasteiger partial charge in [0.2, 0.25) is 11.8 Å². The van der Waals surface area contributed by atoms with Crippen LogP contribution in [-0.4, -0.2) is 78.2 Å². The normalized spacial score (nSPS) is 19.9. The number of rotatable bonds is 8. The van der Waals surface area contributed by atoms with E-state index in [1.54, 1.807) is 0 Å². The van der Waals surface area contributed by atoms with Crippen molar-refractivity contribution in [2.45, 2.75) is 50.9 Å². The number of halogens is 3. The highest BCUT2D eigenvalue weighted by molar-refractivity contribution is 5.92. The summed E-state index contributed by atoms with van der Waals surface area (Å²) in [6, 6.07) is 5.43. The smallest absolute Gasteiger partial charge is 0.406 e. The second kappa shape index (κ2) is 10.8. The third kappa shape index (κ3) is 7.20. The van der Waals surface area contributed by atoms with Crippen LogP contribution >= 0.6 is 0 Å². The molecule has 1 N–H and O–H groups in total. The van der Waals surface area contributed by atoms with E-state index in [1.165, 1.54) is 24.3 Å². The van der Waals surface area contributed by atoms with Gasteiger partial charge in [-0.25, -0.2) is 0 Å². The van der Waals surface area contributed by atoms with Crippen LogP contribution < -0.4 is 10.1 Å². The van der Waals surface area contributed by atoms with Crippen molar-refractivity contribution in [1.82, 2.24) is 14.7 Å². The molecule has 0 spiro atoms. The number of amides is 2. The van der Waals surface area contributed by atoms with Gasteiger partial charge in [-0.05, 0) is 62.8 Å². The fourth-order valence-corrected chi connectivity index (χ4v) is 4.49. The Morgan fingerprint density at radius 2 is 1.65 bits per heavy atom. The molecular weight excluding hydrogens is 449 g/mol. The summed E-state index contributed by atoms with van der Waals surface area (Å²) in [5, 5.41) is 2.70. The van der Waals surface area contributed by atoms with Gasteiger partial charge in [0.05, 0.1) is 13.1 Å². The molecule has 1 heterocycles. The van der Waals surface area contributed by atoms with Crippen LogP contribution in [0.1, 0.15) is 38.5 Å². The fraction of sp³-hybridized carbons (Fsp3) is 0.583. The number of nitrogens with one attached hydrogen (secondary N) is 1. The van der Waals surface area contributed by atoms with E-state index in [-0.39, 0.29) is 24.1 Å². The van der Waals surface area contributed by atoms with Crippen molar-refractivity contribution in [1.29, 1.82) is 0 Å². The average Bonchev–Trinajstić information content (AvgIpc) is 3.61. The number of carbonyl (C=O) groups is 2. The third-order valence-corrected chi connectivity index (χ3v) is 6.32. The minimum absolute atomic E-state index is 0.180. The summed E-state index contributed by atoms with van der Waals surface area (Å²) in [6.07, 6.45) is 4.04. The highest BCUT2D eigenvalue weighted by atomic mass is 19.4. The van der Waals surface area contributed by atoms with Crippen LogP contribution in [0.5, 0.6) is 5.75 Å². The van der Waals surface area contributed by atoms with Crippen molar-refractivity contribution >= 4 is 17.5 Å². The van der Waals surface area contributed by atoms with Crippen LogP contribution in [-0.2, 0) is 9.59 Å². The third-order valence-electron chi connectivity index (χ3n) is 6.32. The fourth-order valence-electron chi connectivity index (χ4n) is 4.49. The van der Waals surface area contributed by atoms with E-state index in [9.17, 15) is 22.8 Å². The van der Waals surface area contributed by atoms with Gasteiger partial charge in [-0.2, -0.15) is 0 Å². The molecule has 7 nitrogen and oxygen atoms in total. The highest BCUT2D eigenvalue weighted by Crippen LogP contribution is 2.34. The topological polar surface area (TPSA) is 65.1 Å². The van der Waals surface area contributed by atoms with Gasteiger partial charge in [-0.3, -0.25) is 19.4 Å². The summed E-state index contributed by atoms with van der Waals surface area (Å²) in [5.74, 6) is -0.394. The lowest BCUT2D eigenvalue weighted by Gasteiger charge is -2.36. The number of carbonyl (C=O) groups excluding carboxylic acids is 2. The summed E-state index contributed by atoms with van der Waals surface area (Å²) in [6.45, 7) is 3.35. The number of nitrogens with zero attached hydrogens (tertiary/aromatic N) is 3. The Balaban J connectivity index is 1.20.